The third-order valence-corrected chi connectivity index (χ3v) is 18.5. The number of halogens is 4. The topological polar surface area (TPSA) is 228 Å². The molecule has 2 aliphatic heterocycles. The number of benzene rings is 6. The molecule has 16 nitrogen and oxygen atoms in total. The van der Waals surface area contributed by atoms with Gasteiger partial charge in [0.15, 0.2) is 11.6 Å². The average Bonchev–Trinajstić information content (AvgIpc) is 1.68. The van der Waals surface area contributed by atoms with Crippen molar-refractivity contribution in [2.24, 2.45) is 11.5 Å². The van der Waals surface area contributed by atoms with Crippen molar-refractivity contribution >= 4 is 76.7 Å². The van der Waals surface area contributed by atoms with Crippen LogP contribution in [0.25, 0.3) is 44.6 Å². The number of nitrogens with zero attached hydrogens (tertiary/aromatic N) is 4. The van der Waals surface area contributed by atoms with Crippen molar-refractivity contribution in [3.63, 3.8) is 0 Å². The quantitative estimate of drug-likeness (QED) is 0.0680. The first-order valence-corrected chi connectivity index (χ1v) is 31.7. The van der Waals surface area contributed by atoms with Crippen LogP contribution in [0.15, 0.2) is 130 Å². The van der Waals surface area contributed by atoms with Crippen LogP contribution in [0.1, 0.15) is 119 Å². The predicted octanol–water partition coefficient (Wildman–Crippen LogP) is 11.5. The lowest BCUT2D eigenvalue weighted by Gasteiger charge is -2.36. The number of furan rings is 2. The Bertz CT molecular complexity index is 3870. The highest BCUT2D eigenvalue weighted by Crippen LogP contribution is 2.45. The molecular weight excluding hydrogens is 1150 g/mol. The van der Waals surface area contributed by atoms with Gasteiger partial charge in [0.2, 0.25) is 31.9 Å². The lowest BCUT2D eigenvalue weighted by molar-refractivity contribution is -0.134. The molecule has 2 amide bonds. The van der Waals surface area contributed by atoms with Gasteiger partial charge in [-0.1, -0.05) is 50.2 Å². The Morgan fingerprint density at radius 2 is 0.907 bits per heavy atom. The van der Waals surface area contributed by atoms with Gasteiger partial charge in [-0.3, -0.25) is 27.8 Å². The second kappa shape index (κ2) is 25.4. The monoisotopic (exact) mass is 1220 g/mol. The second-order valence-electron chi connectivity index (χ2n) is 21.7. The lowest BCUT2D eigenvalue weighted by atomic mass is 9.87. The van der Waals surface area contributed by atoms with Crippen molar-refractivity contribution < 1.29 is 62.4 Å². The molecule has 10 rings (SSSR count). The van der Waals surface area contributed by atoms with Crippen LogP contribution in [0, 0.1) is 23.3 Å². The maximum Gasteiger partial charge on any atom is 0.244 e. The molecule has 4 N–H and O–H groups in total. The summed E-state index contributed by atoms with van der Waals surface area (Å²) in [5.74, 6) is -3.35. The summed E-state index contributed by atoms with van der Waals surface area (Å²) in [5, 5.41) is 0.997. The zero-order valence-corrected chi connectivity index (χ0v) is 49.9. The van der Waals surface area contributed by atoms with Gasteiger partial charge in [0.25, 0.3) is 0 Å². The first-order valence-electron chi connectivity index (χ1n) is 28.1. The molecule has 0 saturated carbocycles. The highest BCUT2D eigenvalue weighted by molar-refractivity contribution is 7.92. The molecule has 0 unspecified atom stereocenters. The molecule has 452 valence electrons. The van der Waals surface area contributed by atoms with Gasteiger partial charge in [0, 0.05) is 110 Å². The number of hydrogen-bond donors (Lipinski definition) is 2. The normalized spacial score (nSPS) is 16.3. The molecule has 86 heavy (non-hydrogen) atoms. The zero-order chi connectivity index (χ0) is 62.1. The molecule has 2 saturated heterocycles. The fourth-order valence-corrected chi connectivity index (χ4v) is 12.4. The van der Waals surface area contributed by atoms with Crippen molar-refractivity contribution in [3.8, 4) is 22.6 Å². The summed E-state index contributed by atoms with van der Waals surface area (Å²) >= 11 is 0. The number of likely N-dealkylation sites (tertiary alicyclic amines) is 2. The summed E-state index contributed by atoms with van der Waals surface area (Å²) in [6, 6.07) is 27.3. The van der Waals surface area contributed by atoms with E-state index in [1.807, 2.05) is 0 Å². The number of anilines is 2. The molecule has 4 heterocycles. The summed E-state index contributed by atoms with van der Waals surface area (Å²) in [5.41, 5.74) is 16.8. The smallest absolute Gasteiger partial charge is 0.244 e. The van der Waals surface area contributed by atoms with Crippen molar-refractivity contribution in [1.82, 2.24) is 9.80 Å². The van der Waals surface area contributed by atoms with Crippen LogP contribution in [0.5, 0.6) is 0 Å². The summed E-state index contributed by atoms with van der Waals surface area (Å²) < 4.78 is 122. The number of nitrogens with two attached hydrogens (primary N) is 2. The van der Waals surface area contributed by atoms with Gasteiger partial charge < -0.3 is 30.1 Å². The molecule has 2 aliphatic rings. The van der Waals surface area contributed by atoms with Gasteiger partial charge in [-0.05, 0) is 110 Å². The van der Waals surface area contributed by atoms with E-state index in [2.05, 4.69) is 0 Å². The summed E-state index contributed by atoms with van der Waals surface area (Å²) in [4.78, 5) is 56.5. The molecular formula is C64H66F4N6O10S2. The van der Waals surface area contributed by atoms with Gasteiger partial charge >= 0.3 is 0 Å². The Hall–Kier alpha value is -8.18. The number of ketones is 2. The lowest BCUT2D eigenvalue weighted by Crippen LogP contribution is -2.44. The van der Waals surface area contributed by atoms with Gasteiger partial charge in [-0.2, -0.15) is 0 Å². The van der Waals surface area contributed by atoms with Crippen molar-refractivity contribution in [3.05, 3.63) is 178 Å². The van der Waals surface area contributed by atoms with Crippen molar-refractivity contribution in [1.29, 1.82) is 0 Å². The number of piperidine rings is 2. The minimum Gasteiger partial charge on any atom is -0.455 e. The van der Waals surface area contributed by atoms with E-state index < -0.39 is 67.2 Å². The second-order valence-corrected chi connectivity index (χ2v) is 25.7. The fraction of sp³-hybridized carbons (Fsp3) is 0.312. The third kappa shape index (κ3) is 12.8. The van der Waals surface area contributed by atoms with E-state index in [0.29, 0.717) is 105 Å². The number of carbonyl (C=O) groups excluding carboxylic acids is 4. The molecule has 0 bridgehead atoms. The van der Waals surface area contributed by atoms with Crippen LogP contribution >= 0.6 is 0 Å². The maximum atomic E-state index is 14.4. The SMILES string of the molecule is CCC(=O)c1c(-c2ccc(F)cc2)oc2cc(N(C)S(C)(=O)=O)c([C@@H]3CCCN(C(=O)[C@H](N)c4ccccc4F)C3)cc12.CCC(=O)c1c(-c2ccc(F)cc2)oc2cc(N(C)S(C)(=O)=O)c([C@H]3CCCN(C(=O)[C@H](N)c4ccccc4F)C3)cc12. The number of fused-ring (bicyclic) bond motifs is 2. The van der Waals surface area contributed by atoms with Crippen LogP contribution < -0.4 is 20.1 Å². The van der Waals surface area contributed by atoms with Crippen LogP contribution in [-0.4, -0.2) is 103 Å². The number of carbonyl (C=O) groups is 4. The van der Waals surface area contributed by atoms with E-state index in [1.165, 1.54) is 99.0 Å². The zero-order valence-electron chi connectivity index (χ0n) is 48.3. The van der Waals surface area contributed by atoms with E-state index >= 15 is 0 Å². The largest absolute Gasteiger partial charge is 0.455 e. The molecule has 2 fully saturated rings. The number of hydrogen-bond acceptors (Lipinski definition) is 12. The van der Waals surface area contributed by atoms with Gasteiger partial charge in [0.1, 0.15) is 58.0 Å². The van der Waals surface area contributed by atoms with Gasteiger partial charge in [0.05, 0.1) is 35.0 Å². The van der Waals surface area contributed by atoms with E-state index in [4.69, 9.17) is 20.3 Å². The highest BCUT2D eigenvalue weighted by atomic mass is 32.2. The van der Waals surface area contributed by atoms with Crippen molar-refractivity contribution in [2.45, 2.75) is 76.3 Å². The van der Waals surface area contributed by atoms with Crippen LogP contribution in [0.2, 0.25) is 0 Å². The minimum atomic E-state index is -3.71. The molecule has 8 aromatic rings. The standard InChI is InChI=1S/2C32H33F2N3O5S/c2*1-4-27(38)29-24-16-23(20-8-7-15-37(18-20)32(39)30(35)22-9-5-6-10-25(22)34)26(36(2)43(3,40)41)17-28(24)42-31(29)19-11-13-21(33)14-12-19/h2*5-6,9-14,16-17,20,30H,4,7-8,15,18,35H2,1-3H3/t20-,30+;20-,30-/m01/s1. The number of amides is 2. The van der Waals surface area contributed by atoms with Gasteiger partial charge in [-0.15, -0.1) is 0 Å². The Kier molecular flexibility index (Phi) is 18.4. The molecule has 0 radical (unpaired) electrons. The molecule has 0 aliphatic carbocycles. The van der Waals surface area contributed by atoms with E-state index in [9.17, 15) is 53.6 Å². The minimum absolute atomic E-state index is 0.1000. The van der Waals surface area contributed by atoms with Crippen LogP contribution in [0.3, 0.4) is 0 Å². The fourth-order valence-electron chi connectivity index (χ4n) is 11.3. The number of rotatable bonds is 16. The van der Waals surface area contributed by atoms with E-state index in [0.717, 1.165) is 21.1 Å². The Morgan fingerprint density at radius 3 is 1.23 bits per heavy atom. The molecule has 4 atom stereocenters. The van der Waals surface area contributed by atoms with Crippen LogP contribution in [0.4, 0.5) is 28.9 Å². The predicted molar refractivity (Wildman–Crippen MR) is 323 cm³/mol. The molecule has 0 spiro atoms. The average molecular weight is 1220 g/mol. The Labute approximate surface area is 496 Å². The van der Waals surface area contributed by atoms with Gasteiger partial charge in [-0.25, -0.2) is 34.4 Å². The third-order valence-electron chi connectivity index (χ3n) is 16.1. The Morgan fingerprint density at radius 1 is 0.558 bits per heavy atom. The molecule has 2 aromatic heterocycles. The highest BCUT2D eigenvalue weighted by Gasteiger charge is 2.36. The summed E-state index contributed by atoms with van der Waals surface area (Å²) in [7, 11) is -4.56. The maximum absolute atomic E-state index is 14.4. The number of sulfonamides is 2. The number of Topliss-reactive ketones (excluding diaryl/α,β-unsaturated/α-hetero) is 2. The van der Waals surface area contributed by atoms with E-state index in [1.54, 1.807) is 60.0 Å². The summed E-state index contributed by atoms with van der Waals surface area (Å²) in [6.07, 6.45) is 5.02. The molecule has 6 aromatic carbocycles. The first-order chi connectivity index (χ1) is 40.8. The molecule has 22 heteroatoms. The Balaban J connectivity index is 0.000000205. The van der Waals surface area contributed by atoms with E-state index in [-0.39, 0.29) is 72.0 Å². The van der Waals surface area contributed by atoms with Crippen molar-refractivity contribution in [2.75, 3.05) is 61.4 Å². The first kappa shape index (κ1) is 62.4. The van der Waals surface area contributed by atoms with Crippen LogP contribution in [-0.2, 0) is 29.6 Å². The summed E-state index contributed by atoms with van der Waals surface area (Å²) in [6.45, 7) is 4.72.